The van der Waals surface area contributed by atoms with E-state index in [9.17, 15) is 15.0 Å². The Labute approximate surface area is 192 Å². The minimum Gasteiger partial charge on any atom is -0.507 e. The molecule has 3 aromatic rings. The Hall–Kier alpha value is -3.52. The Balaban J connectivity index is 1.89. The number of carbonyl (C=O) groups is 1. The smallest absolute Gasteiger partial charge is 0.273 e. The van der Waals surface area contributed by atoms with E-state index in [1.807, 2.05) is 26.8 Å². The van der Waals surface area contributed by atoms with Crippen molar-refractivity contribution in [3.05, 3.63) is 58.3 Å². The molecule has 0 radical (unpaired) electrons. The number of nitrogens with one attached hydrogen (secondary N) is 1. The second kappa shape index (κ2) is 9.15. The number of phenols is 2. The van der Waals surface area contributed by atoms with Crippen molar-refractivity contribution < 1.29 is 24.5 Å². The minimum atomic E-state index is -0.460. The number of amides is 1. The van der Waals surface area contributed by atoms with E-state index in [1.54, 1.807) is 36.3 Å². The molecule has 1 aliphatic heterocycles. The minimum absolute atomic E-state index is 0.0375. The fraction of sp³-hybridized carbons (Fsp3) is 0.360. The molecule has 2 aromatic carbocycles. The summed E-state index contributed by atoms with van der Waals surface area (Å²) in [6.45, 7) is 7.07. The lowest BCUT2D eigenvalue weighted by atomic mass is 9.93. The van der Waals surface area contributed by atoms with Crippen LogP contribution in [0.4, 0.5) is 0 Å². The SMILES string of the molecule is CCOc1cc(C2c3c(-c4c(C)cc(C)cc4O)n[nH]c3C(=O)N2CCCOC)ccc1O. The van der Waals surface area contributed by atoms with Crippen LogP contribution in [-0.4, -0.2) is 58.1 Å². The average molecular weight is 452 g/mol. The Morgan fingerprint density at radius 3 is 2.64 bits per heavy atom. The van der Waals surface area contributed by atoms with Crippen LogP contribution in [0.1, 0.15) is 52.1 Å². The van der Waals surface area contributed by atoms with E-state index in [0.29, 0.717) is 54.4 Å². The lowest BCUT2D eigenvalue weighted by Crippen LogP contribution is -2.31. The van der Waals surface area contributed by atoms with Gasteiger partial charge in [0, 0.05) is 31.4 Å². The molecule has 4 rings (SSSR count). The number of fused-ring (bicyclic) bond motifs is 1. The molecule has 0 saturated carbocycles. The van der Waals surface area contributed by atoms with Crippen LogP contribution < -0.4 is 4.74 Å². The molecule has 0 aliphatic carbocycles. The van der Waals surface area contributed by atoms with Crippen LogP contribution >= 0.6 is 0 Å². The third kappa shape index (κ3) is 4.02. The molecule has 174 valence electrons. The maximum Gasteiger partial charge on any atom is 0.273 e. The van der Waals surface area contributed by atoms with Crippen molar-refractivity contribution in [2.75, 3.05) is 26.9 Å². The molecular formula is C25H29N3O5. The molecule has 1 aliphatic rings. The van der Waals surface area contributed by atoms with Gasteiger partial charge in [0.05, 0.1) is 12.6 Å². The van der Waals surface area contributed by atoms with Crippen LogP contribution in [0.3, 0.4) is 0 Å². The molecule has 1 atom stereocenters. The van der Waals surface area contributed by atoms with Crippen LogP contribution in [0, 0.1) is 13.8 Å². The number of aromatic hydroxyl groups is 2. The Morgan fingerprint density at radius 1 is 1.15 bits per heavy atom. The van der Waals surface area contributed by atoms with Gasteiger partial charge in [-0.15, -0.1) is 0 Å². The number of nitrogens with zero attached hydrogens (tertiary/aromatic N) is 2. The van der Waals surface area contributed by atoms with Gasteiger partial charge in [-0.1, -0.05) is 12.1 Å². The van der Waals surface area contributed by atoms with E-state index in [-0.39, 0.29) is 17.4 Å². The Bertz CT molecular complexity index is 1160. The maximum atomic E-state index is 13.4. The molecule has 0 bridgehead atoms. The second-order valence-electron chi connectivity index (χ2n) is 8.24. The van der Waals surface area contributed by atoms with Gasteiger partial charge in [0.2, 0.25) is 0 Å². The van der Waals surface area contributed by atoms with Crippen LogP contribution in [-0.2, 0) is 4.74 Å². The molecule has 0 fully saturated rings. The number of phenolic OH excluding ortho intramolecular Hbond substituents is 2. The number of rotatable bonds is 8. The predicted molar refractivity (Wildman–Crippen MR) is 124 cm³/mol. The number of ether oxygens (including phenoxy) is 2. The highest BCUT2D eigenvalue weighted by Gasteiger charge is 2.42. The highest BCUT2D eigenvalue weighted by molar-refractivity contribution is 6.00. The van der Waals surface area contributed by atoms with Gasteiger partial charge in [-0.05, 0) is 62.1 Å². The summed E-state index contributed by atoms with van der Waals surface area (Å²) in [6.07, 6.45) is 0.664. The number of methoxy groups -OCH3 is 1. The summed E-state index contributed by atoms with van der Waals surface area (Å²) in [5.41, 5.74) is 4.83. The van der Waals surface area contributed by atoms with Gasteiger partial charge in [0.15, 0.2) is 11.5 Å². The van der Waals surface area contributed by atoms with Crippen LogP contribution in [0.5, 0.6) is 17.2 Å². The highest BCUT2D eigenvalue weighted by Crippen LogP contribution is 2.46. The van der Waals surface area contributed by atoms with Gasteiger partial charge in [0.25, 0.3) is 5.91 Å². The van der Waals surface area contributed by atoms with E-state index in [2.05, 4.69) is 10.2 Å². The molecule has 3 N–H and O–H groups in total. The van der Waals surface area contributed by atoms with E-state index >= 15 is 0 Å². The van der Waals surface area contributed by atoms with Crippen LogP contribution in [0.25, 0.3) is 11.3 Å². The summed E-state index contributed by atoms with van der Waals surface area (Å²) in [7, 11) is 1.63. The number of benzene rings is 2. The van der Waals surface area contributed by atoms with Crippen molar-refractivity contribution in [2.24, 2.45) is 0 Å². The first-order valence-corrected chi connectivity index (χ1v) is 11.0. The van der Waals surface area contributed by atoms with Crippen molar-refractivity contribution in [3.8, 4) is 28.5 Å². The van der Waals surface area contributed by atoms with Crippen molar-refractivity contribution in [2.45, 2.75) is 33.2 Å². The zero-order valence-corrected chi connectivity index (χ0v) is 19.3. The Morgan fingerprint density at radius 2 is 1.94 bits per heavy atom. The monoisotopic (exact) mass is 451 g/mol. The quantitative estimate of drug-likeness (QED) is 0.445. The van der Waals surface area contributed by atoms with Crippen molar-refractivity contribution in [1.29, 1.82) is 0 Å². The molecule has 0 spiro atoms. The molecule has 1 aromatic heterocycles. The number of H-pyrrole nitrogens is 1. The lowest BCUT2D eigenvalue weighted by Gasteiger charge is -2.27. The number of aromatic nitrogens is 2. The van der Waals surface area contributed by atoms with Crippen molar-refractivity contribution >= 4 is 5.91 Å². The molecule has 8 nitrogen and oxygen atoms in total. The van der Waals surface area contributed by atoms with E-state index < -0.39 is 6.04 Å². The Kier molecular flexibility index (Phi) is 6.29. The summed E-state index contributed by atoms with van der Waals surface area (Å²) >= 11 is 0. The summed E-state index contributed by atoms with van der Waals surface area (Å²) in [6, 6.07) is 8.33. The number of aromatic amines is 1. The van der Waals surface area contributed by atoms with E-state index in [1.165, 1.54) is 0 Å². The largest absolute Gasteiger partial charge is 0.507 e. The third-order valence-electron chi connectivity index (χ3n) is 5.91. The zero-order valence-electron chi connectivity index (χ0n) is 19.3. The van der Waals surface area contributed by atoms with Crippen molar-refractivity contribution in [3.63, 3.8) is 0 Å². The average Bonchev–Trinajstić information content (AvgIpc) is 3.29. The maximum absolute atomic E-state index is 13.4. The van der Waals surface area contributed by atoms with Gasteiger partial charge in [-0.2, -0.15) is 5.10 Å². The van der Waals surface area contributed by atoms with Gasteiger partial charge >= 0.3 is 0 Å². The first kappa shape index (κ1) is 22.7. The standard InChI is InChI=1S/C25H29N3O5/c1-5-33-19-13-16(7-8-17(19)29)24-21-22(20-15(3)11-14(2)12-18(20)30)26-27-23(21)25(31)28(24)9-6-10-32-4/h7-8,11-13,24,29-30H,5-6,9-10H2,1-4H3,(H,26,27). The topological polar surface area (TPSA) is 108 Å². The van der Waals surface area contributed by atoms with Gasteiger partial charge in [-0.25, -0.2) is 0 Å². The fourth-order valence-corrected chi connectivity index (χ4v) is 4.57. The van der Waals surface area contributed by atoms with Crippen LogP contribution in [0.2, 0.25) is 0 Å². The van der Waals surface area contributed by atoms with Crippen molar-refractivity contribution in [1.82, 2.24) is 15.1 Å². The molecule has 33 heavy (non-hydrogen) atoms. The third-order valence-corrected chi connectivity index (χ3v) is 5.91. The highest BCUT2D eigenvalue weighted by atomic mass is 16.5. The van der Waals surface area contributed by atoms with E-state index in [4.69, 9.17) is 9.47 Å². The lowest BCUT2D eigenvalue weighted by molar-refractivity contribution is 0.0723. The van der Waals surface area contributed by atoms with Gasteiger partial charge in [-0.3, -0.25) is 9.89 Å². The molecular weight excluding hydrogens is 422 g/mol. The van der Waals surface area contributed by atoms with E-state index in [0.717, 1.165) is 16.7 Å². The number of hydrogen-bond donors (Lipinski definition) is 3. The zero-order chi connectivity index (χ0) is 23.7. The van der Waals surface area contributed by atoms with Gasteiger partial charge < -0.3 is 24.6 Å². The molecule has 1 unspecified atom stereocenters. The molecule has 8 heteroatoms. The van der Waals surface area contributed by atoms with Gasteiger partial charge in [0.1, 0.15) is 17.1 Å². The normalized spacial score (nSPS) is 15.2. The van der Waals surface area contributed by atoms with Crippen LogP contribution in [0.15, 0.2) is 30.3 Å². The molecule has 2 heterocycles. The second-order valence-corrected chi connectivity index (χ2v) is 8.24. The summed E-state index contributed by atoms with van der Waals surface area (Å²) < 4.78 is 10.8. The number of hydrogen-bond acceptors (Lipinski definition) is 6. The fourth-order valence-electron chi connectivity index (χ4n) is 4.57. The summed E-state index contributed by atoms with van der Waals surface area (Å²) in [4.78, 5) is 15.2. The number of carbonyl (C=O) groups excluding carboxylic acids is 1. The summed E-state index contributed by atoms with van der Waals surface area (Å²) in [5.74, 6) is 0.342. The molecule has 0 saturated heterocycles. The molecule has 1 amide bonds. The first-order valence-electron chi connectivity index (χ1n) is 11.0. The number of aryl methyl sites for hydroxylation is 2. The predicted octanol–water partition coefficient (Wildman–Crippen LogP) is 4.09. The summed E-state index contributed by atoms with van der Waals surface area (Å²) in [5, 5.41) is 28.3. The first-order chi connectivity index (χ1) is 15.9.